The number of ether oxygens (including phenoxy) is 3. The summed E-state index contributed by atoms with van der Waals surface area (Å²) in [6.07, 6.45) is 2.49. The summed E-state index contributed by atoms with van der Waals surface area (Å²) in [5.41, 5.74) is 0.539. The van der Waals surface area contributed by atoms with Crippen LogP contribution in [0.4, 0.5) is 8.78 Å². The van der Waals surface area contributed by atoms with Crippen molar-refractivity contribution in [3.63, 3.8) is 0 Å². The van der Waals surface area contributed by atoms with E-state index in [-0.39, 0.29) is 43.1 Å². The molecule has 3 rings (SSSR count). The summed E-state index contributed by atoms with van der Waals surface area (Å²) >= 11 is 0. The Morgan fingerprint density at radius 2 is 1.83 bits per heavy atom. The van der Waals surface area contributed by atoms with Crippen LogP contribution < -0.4 is 24.8 Å². The monoisotopic (exact) mass is 540 g/mol. The van der Waals surface area contributed by atoms with Crippen LogP contribution in [0.5, 0.6) is 17.2 Å². The van der Waals surface area contributed by atoms with E-state index >= 15 is 0 Å². The number of likely N-dealkylation sites (tertiary alicyclic amines) is 1. The fraction of sp³-hybridized carbons (Fsp3) is 0.650. The lowest BCUT2D eigenvalue weighted by Crippen LogP contribution is -2.48. The van der Waals surface area contributed by atoms with Gasteiger partial charge in [-0.3, -0.25) is 9.89 Å². The van der Waals surface area contributed by atoms with Crippen LogP contribution in [0.15, 0.2) is 17.1 Å². The zero-order valence-electron chi connectivity index (χ0n) is 17.6. The lowest BCUT2D eigenvalue weighted by molar-refractivity contribution is -0.0505. The van der Waals surface area contributed by atoms with Gasteiger partial charge in [-0.05, 0) is 37.9 Å². The predicted octanol–water partition coefficient (Wildman–Crippen LogP) is 3.42. The Balaban J connectivity index is 0.00000320. The van der Waals surface area contributed by atoms with E-state index in [2.05, 4.69) is 39.1 Å². The number of nitrogens with zero attached hydrogens (tertiary/aromatic N) is 2. The number of halogens is 3. The van der Waals surface area contributed by atoms with Gasteiger partial charge in [0.1, 0.15) is 5.75 Å². The zero-order chi connectivity index (χ0) is 20.8. The summed E-state index contributed by atoms with van der Waals surface area (Å²) < 4.78 is 40.8. The summed E-state index contributed by atoms with van der Waals surface area (Å²) in [5, 5.41) is 6.54. The Morgan fingerprint density at radius 3 is 2.43 bits per heavy atom. The van der Waals surface area contributed by atoms with Gasteiger partial charge in [-0.15, -0.1) is 24.0 Å². The van der Waals surface area contributed by atoms with Crippen molar-refractivity contribution in [2.45, 2.75) is 45.9 Å². The van der Waals surface area contributed by atoms with Crippen LogP contribution in [-0.4, -0.2) is 57.0 Å². The van der Waals surface area contributed by atoms with Gasteiger partial charge in [0, 0.05) is 37.8 Å². The molecule has 2 heterocycles. The highest BCUT2D eigenvalue weighted by molar-refractivity contribution is 14.0. The molecular weight excluding hydrogens is 509 g/mol. The molecule has 10 heteroatoms. The Bertz CT molecular complexity index is 716. The minimum atomic E-state index is -2.92. The molecule has 0 aliphatic carbocycles. The van der Waals surface area contributed by atoms with Gasteiger partial charge in [0.25, 0.3) is 0 Å². The maximum Gasteiger partial charge on any atom is 0.387 e. The predicted molar refractivity (Wildman–Crippen MR) is 122 cm³/mol. The van der Waals surface area contributed by atoms with Gasteiger partial charge >= 0.3 is 6.61 Å². The van der Waals surface area contributed by atoms with E-state index in [4.69, 9.17) is 9.47 Å². The number of alkyl halides is 2. The Morgan fingerprint density at radius 1 is 1.17 bits per heavy atom. The average Bonchev–Trinajstić information content (AvgIpc) is 3.35. The highest BCUT2D eigenvalue weighted by atomic mass is 127. The summed E-state index contributed by atoms with van der Waals surface area (Å²) in [6.45, 7) is 4.87. The maximum absolute atomic E-state index is 12.8. The third-order valence-corrected chi connectivity index (χ3v) is 5.30. The minimum Gasteiger partial charge on any atom is -0.454 e. The summed E-state index contributed by atoms with van der Waals surface area (Å²) in [6, 6.07) is 3.50. The van der Waals surface area contributed by atoms with Crippen molar-refractivity contribution in [1.29, 1.82) is 0 Å². The van der Waals surface area contributed by atoms with Crippen molar-refractivity contribution < 1.29 is 23.0 Å². The summed E-state index contributed by atoms with van der Waals surface area (Å²) in [5.74, 6) is 2.09. The first-order chi connectivity index (χ1) is 14.0. The van der Waals surface area contributed by atoms with E-state index < -0.39 is 6.61 Å². The van der Waals surface area contributed by atoms with Crippen LogP contribution >= 0.6 is 24.0 Å². The lowest BCUT2D eigenvalue weighted by atomic mass is 10.0. The van der Waals surface area contributed by atoms with E-state index in [9.17, 15) is 8.78 Å². The van der Waals surface area contributed by atoms with E-state index in [1.807, 2.05) is 0 Å². The van der Waals surface area contributed by atoms with Crippen molar-refractivity contribution in [1.82, 2.24) is 15.5 Å². The molecule has 1 aromatic rings. The van der Waals surface area contributed by atoms with Crippen molar-refractivity contribution >= 4 is 29.9 Å². The maximum atomic E-state index is 12.8. The second-order valence-corrected chi connectivity index (χ2v) is 7.55. The van der Waals surface area contributed by atoms with Crippen LogP contribution in [0, 0.1) is 5.92 Å². The number of aliphatic imine (C=N–C) groups is 1. The van der Waals surface area contributed by atoms with Crippen molar-refractivity contribution in [3.05, 3.63) is 17.7 Å². The summed E-state index contributed by atoms with van der Waals surface area (Å²) in [4.78, 5) is 6.77. The number of nitrogens with one attached hydrogen (secondary N) is 2. The molecule has 0 saturated carbocycles. The second-order valence-electron chi connectivity index (χ2n) is 7.55. The molecule has 1 saturated heterocycles. The number of hydrogen-bond acceptors (Lipinski definition) is 5. The number of fused-ring (bicyclic) bond motifs is 1. The molecule has 1 fully saturated rings. The molecule has 170 valence electrons. The lowest BCUT2D eigenvalue weighted by Gasteiger charge is -2.31. The van der Waals surface area contributed by atoms with Crippen molar-refractivity contribution in [2.24, 2.45) is 10.9 Å². The van der Waals surface area contributed by atoms with Gasteiger partial charge in [-0.2, -0.15) is 8.78 Å². The molecule has 2 aliphatic rings. The highest BCUT2D eigenvalue weighted by Gasteiger charge is 2.25. The normalized spacial score (nSPS) is 17.2. The van der Waals surface area contributed by atoms with Crippen LogP contribution in [0.1, 0.15) is 32.3 Å². The molecule has 2 aliphatic heterocycles. The smallest absolute Gasteiger partial charge is 0.387 e. The van der Waals surface area contributed by atoms with Gasteiger partial charge in [-0.25, -0.2) is 0 Å². The fourth-order valence-corrected chi connectivity index (χ4v) is 3.77. The molecule has 1 aromatic carbocycles. The van der Waals surface area contributed by atoms with Crippen molar-refractivity contribution in [3.8, 4) is 17.2 Å². The molecule has 0 radical (unpaired) electrons. The van der Waals surface area contributed by atoms with Gasteiger partial charge < -0.3 is 24.8 Å². The largest absolute Gasteiger partial charge is 0.454 e. The Labute approximate surface area is 193 Å². The molecule has 0 spiro atoms. The highest BCUT2D eigenvalue weighted by Crippen LogP contribution is 2.38. The quantitative estimate of drug-likeness (QED) is 0.300. The number of benzene rings is 1. The SMILES string of the molecule is CN=C(NCc1cc2c(cc1OC(F)F)OCO2)NCC(C(C)C)N1CCCC1.I. The number of guanidine groups is 1. The first-order valence-corrected chi connectivity index (χ1v) is 10.0. The van der Waals surface area contributed by atoms with Gasteiger partial charge in [0.05, 0.1) is 0 Å². The van der Waals surface area contributed by atoms with E-state index in [0.717, 1.165) is 19.6 Å². The molecule has 2 N–H and O–H groups in total. The molecule has 1 atom stereocenters. The second kappa shape index (κ2) is 11.7. The van der Waals surface area contributed by atoms with Gasteiger partial charge in [0.15, 0.2) is 17.5 Å². The topological polar surface area (TPSA) is 67.4 Å². The van der Waals surface area contributed by atoms with E-state index in [1.54, 1.807) is 13.1 Å². The first kappa shape index (κ1) is 24.7. The van der Waals surface area contributed by atoms with E-state index in [0.29, 0.717) is 35.0 Å². The molecule has 0 bridgehead atoms. The Kier molecular flexibility index (Phi) is 9.66. The number of rotatable bonds is 8. The molecule has 0 amide bonds. The third-order valence-electron chi connectivity index (χ3n) is 5.30. The van der Waals surface area contributed by atoms with Crippen LogP contribution in [0.25, 0.3) is 0 Å². The summed E-state index contributed by atoms with van der Waals surface area (Å²) in [7, 11) is 1.69. The van der Waals surface area contributed by atoms with Gasteiger partial charge in [-0.1, -0.05) is 13.8 Å². The Hall–Kier alpha value is -1.56. The number of hydrogen-bond donors (Lipinski definition) is 2. The third kappa shape index (κ3) is 6.47. The molecule has 1 unspecified atom stereocenters. The fourth-order valence-electron chi connectivity index (χ4n) is 3.77. The molecule has 0 aromatic heterocycles. The van der Waals surface area contributed by atoms with Crippen molar-refractivity contribution in [2.75, 3.05) is 33.5 Å². The van der Waals surface area contributed by atoms with Crippen LogP contribution in [0.2, 0.25) is 0 Å². The van der Waals surface area contributed by atoms with E-state index in [1.165, 1.54) is 18.9 Å². The molecular formula is C20H31F2IN4O3. The average molecular weight is 540 g/mol. The van der Waals surface area contributed by atoms with Crippen LogP contribution in [0.3, 0.4) is 0 Å². The standard InChI is InChI=1S/C20H30F2N4O3.HI/c1-13(2)15(26-6-4-5-7-26)11-25-20(23-3)24-10-14-8-17-18(28-12-27-17)9-16(14)29-19(21)22;/h8-9,13,15,19H,4-7,10-12H2,1-3H3,(H2,23,24,25);1H. The zero-order valence-corrected chi connectivity index (χ0v) is 20.0. The first-order valence-electron chi connectivity index (χ1n) is 10.0. The molecule has 7 nitrogen and oxygen atoms in total. The molecule has 30 heavy (non-hydrogen) atoms. The minimum absolute atomic E-state index is 0. The van der Waals surface area contributed by atoms with Gasteiger partial charge in [0.2, 0.25) is 6.79 Å². The van der Waals surface area contributed by atoms with Crippen LogP contribution in [-0.2, 0) is 6.54 Å².